The van der Waals surface area contributed by atoms with Crippen LogP contribution in [0.1, 0.15) is 20.8 Å². The van der Waals surface area contributed by atoms with Gasteiger partial charge in [0, 0.05) is 13.0 Å². The molecule has 0 spiro atoms. The average molecular weight is 256 g/mol. The molecule has 0 unspecified atom stereocenters. The maximum atomic E-state index is 9.00. The minimum atomic E-state index is -4.89. The quantitative estimate of drug-likeness (QED) is 0.255. The number of hydrogen-bond acceptors (Lipinski definition) is 4. The van der Waals surface area contributed by atoms with Gasteiger partial charge in [-0.3, -0.25) is 9.36 Å². The van der Waals surface area contributed by atoms with Crippen molar-refractivity contribution in [3.05, 3.63) is 0 Å². The van der Waals surface area contributed by atoms with Crippen molar-refractivity contribution in [1.82, 2.24) is 0 Å². The number of aliphatic hydroxyl groups excluding tert-OH is 1. The SMILES string of the molecule is CC(=O)O.CC(C)O.O=P([O-])(O)O.[K+]. The van der Waals surface area contributed by atoms with Crippen molar-refractivity contribution >= 4 is 13.8 Å². The Hall–Kier alpha value is 1.18. The molecule has 0 aliphatic heterocycles. The van der Waals surface area contributed by atoms with Crippen molar-refractivity contribution in [2.24, 2.45) is 0 Å². The van der Waals surface area contributed by atoms with Crippen LogP contribution in [0.25, 0.3) is 0 Å². The molecule has 0 aromatic carbocycles. The first-order chi connectivity index (χ1) is 5.46. The Kier molecular flexibility index (Phi) is 24.7. The van der Waals surface area contributed by atoms with Gasteiger partial charge in [-0.15, -0.1) is 0 Å². The predicted octanol–water partition coefficient (Wildman–Crippen LogP) is -4.08. The van der Waals surface area contributed by atoms with Crippen LogP contribution in [0, 0.1) is 0 Å². The van der Waals surface area contributed by atoms with Gasteiger partial charge in [0.2, 0.25) is 0 Å². The number of carbonyl (C=O) groups is 1. The molecule has 0 aromatic heterocycles. The van der Waals surface area contributed by atoms with E-state index in [2.05, 4.69) is 0 Å². The zero-order chi connectivity index (χ0) is 11.7. The standard InChI is InChI=1S/C3H8O.C2H4O2.K.H3O4P/c1-3(2)4;1-2(3)4;;1-5(2,3)4/h3-4H,1-2H3;1H3,(H,3,4);;(H3,1,2,3,4)/q;;+1;/p-1. The average Bonchev–Trinajstić information content (AvgIpc) is 1.50. The van der Waals surface area contributed by atoms with E-state index in [1.807, 2.05) is 0 Å². The largest absolute Gasteiger partial charge is 1.00 e. The van der Waals surface area contributed by atoms with Gasteiger partial charge in [-0.05, 0) is 13.8 Å². The molecule has 0 aliphatic rings. The van der Waals surface area contributed by atoms with Crippen LogP contribution in [0.4, 0.5) is 0 Å². The third-order valence-corrected chi connectivity index (χ3v) is 0. The van der Waals surface area contributed by atoms with E-state index in [1.165, 1.54) is 0 Å². The number of phosphoric acid groups is 1. The Labute approximate surface area is 125 Å². The first-order valence-electron chi connectivity index (χ1n) is 3.11. The molecule has 4 N–H and O–H groups in total. The Morgan fingerprint density at radius 1 is 1.36 bits per heavy atom. The van der Waals surface area contributed by atoms with Crippen LogP contribution in [0.3, 0.4) is 0 Å². The predicted molar refractivity (Wildman–Crippen MR) is 42.7 cm³/mol. The van der Waals surface area contributed by atoms with Crippen LogP contribution in [-0.2, 0) is 9.36 Å². The molecule has 0 radical (unpaired) electrons. The summed E-state index contributed by atoms with van der Waals surface area (Å²) < 4.78 is 8.77. The van der Waals surface area contributed by atoms with E-state index in [-0.39, 0.29) is 57.5 Å². The summed E-state index contributed by atoms with van der Waals surface area (Å²) in [5.41, 5.74) is 0. The summed E-state index contributed by atoms with van der Waals surface area (Å²) in [5.74, 6) is -0.833. The zero-order valence-electron chi connectivity index (χ0n) is 8.54. The minimum Gasteiger partial charge on any atom is -0.756 e. The maximum Gasteiger partial charge on any atom is 1.00 e. The third-order valence-electron chi connectivity index (χ3n) is 0. The van der Waals surface area contributed by atoms with E-state index in [0.29, 0.717) is 0 Å². The summed E-state index contributed by atoms with van der Waals surface area (Å²) in [5, 5.41) is 15.5. The number of aliphatic carboxylic acids is 1. The van der Waals surface area contributed by atoms with Crippen molar-refractivity contribution < 1.29 is 85.6 Å². The van der Waals surface area contributed by atoms with E-state index in [0.717, 1.165) is 6.92 Å². The first kappa shape index (κ1) is 24.4. The molecule has 0 aromatic rings. The Morgan fingerprint density at radius 2 is 1.36 bits per heavy atom. The van der Waals surface area contributed by atoms with Gasteiger partial charge < -0.3 is 24.9 Å². The summed E-state index contributed by atoms with van der Waals surface area (Å²) in [6.07, 6.45) is -0.167. The Bertz CT molecular complexity index is 150. The molecule has 0 fully saturated rings. The molecule has 0 rings (SSSR count). The summed E-state index contributed by atoms with van der Waals surface area (Å²) in [7, 11) is -4.89. The van der Waals surface area contributed by atoms with Crippen molar-refractivity contribution in [3.63, 3.8) is 0 Å². The van der Waals surface area contributed by atoms with Gasteiger partial charge in [-0.2, -0.15) is 0 Å². The van der Waals surface area contributed by atoms with Crippen LogP contribution < -0.4 is 56.3 Å². The van der Waals surface area contributed by atoms with Crippen molar-refractivity contribution in [2.75, 3.05) is 0 Å². The molecule has 0 heterocycles. The maximum absolute atomic E-state index is 9.00. The second kappa shape index (κ2) is 14.2. The third kappa shape index (κ3) is 1410. The van der Waals surface area contributed by atoms with Crippen molar-refractivity contribution in [3.8, 4) is 0 Å². The molecule has 82 valence electrons. The fourth-order valence-electron chi connectivity index (χ4n) is 0. The molecule has 0 bridgehead atoms. The minimum absolute atomic E-state index is 0. The molecule has 0 atom stereocenters. The van der Waals surface area contributed by atoms with Gasteiger partial charge >= 0.3 is 51.4 Å². The van der Waals surface area contributed by atoms with E-state index in [1.54, 1.807) is 13.8 Å². The normalized spacial score (nSPS) is 8.57. The van der Waals surface area contributed by atoms with Crippen molar-refractivity contribution in [1.29, 1.82) is 0 Å². The number of carboxylic acid groups (broad SMARTS) is 1. The monoisotopic (exact) mass is 256 g/mol. The van der Waals surface area contributed by atoms with Gasteiger partial charge in [0.05, 0.1) is 0 Å². The molecular formula is C5H14KO7P. The van der Waals surface area contributed by atoms with Gasteiger partial charge in [0.25, 0.3) is 13.8 Å². The number of hydrogen-bond donors (Lipinski definition) is 4. The van der Waals surface area contributed by atoms with E-state index in [9.17, 15) is 0 Å². The van der Waals surface area contributed by atoms with E-state index >= 15 is 0 Å². The van der Waals surface area contributed by atoms with Crippen molar-refractivity contribution in [2.45, 2.75) is 26.9 Å². The van der Waals surface area contributed by atoms with E-state index < -0.39 is 13.8 Å². The van der Waals surface area contributed by atoms with Gasteiger partial charge in [0.15, 0.2) is 0 Å². The summed E-state index contributed by atoms with van der Waals surface area (Å²) in [6, 6.07) is 0. The number of aliphatic hydroxyl groups is 1. The Balaban J connectivity index is -0.0000000522. The summed E-state index contributed by atoms with van der Waals surface area (Å²) in [4.78, 5) is 31.9. The van der Waals surface area contributed by atoms with Crippen LogP contribution >= 0.6 is 7.82 Å². The zero-order valence-corrected chi connectivity index (χ0v) is 12.6. The fourth-order valence-corrected chi connectivity index (χ4v) is 0. The molecule has 0 saturated heterocycles. The summed E-state index contributed by atoms with van der Waals surface area (Å²) >= 11 is 0. The smallest absolute Gasteiger partial charge is 0.756 e. The van der Waals surface area contributed by atoms with Crippen LogP contribution in [0.15, 0.2) is 0 Å². The first-order valence-corrected chi connectivity index (χ1v) is 4.64. The molecule has 14 heavy (non-hydrogen) atoms. The second-order valence-electron chi connectivity index (χ2n) is 2.10. The van der Waals surface area contributed by atoms with Gasteiger partial charge in [0.1, 0.15) is 0 Å². The van der Waals surface area contributed by atoms with Crippen LogP contribution in [0.5, 0.6) is 0 Å². The molecule has 7 nitrogen and oxygen atoms in total. The molecule has 0 saturated carbocycles. The second-order valence-corrected chi connectivity index (χ2v) is 3.08. The topological polar surface area (TPSA) is 138 Å². The fraction of sp³-hybridized carbons (Fsp3) is 0.800. The molecule has 0 amide bonds. The molecule has 9 heteroatoms. The van der Waals surface area contributed by atoms with Gasteiger partial charge in [-0.1, -0.05) is 0 Å². The van der Waals surface area contributed by atoms with Crippen LogP contribution in [-0.4, -0.2) is 32.1 Å². The van der Waals surface area contributed by atoms with Gasteiger partial charge in [-0.25, -0.2) is 0 Å². The van der Waals surface area contributed by atoms with Crippen LogP contribution in [0.2, 0.25) is 0 Å². The molecular weight excluding hydrogens is 242 g/mol. The van der Waals surface area contributed by atoms with E-state index in [4.69, 9.17) is 34.3 Å². The summed E-state index contributed by atoms with van der Waals surface area (Å²) in [6.45, 7) is 4.53. The molecule has 0 aliphatic carbocycles. The number of carboxylic acids is 1. The Morgan fingerprint density at radius 3 is 1.36 bits per heavy atom. The number of rotatable bonds is 0.